The number of H-pyrrole nitrogens is 1. The Morgan fingerprint density at radius 2 is 1.45 bits per heavy atom. The van der Waals surface area contributed by atoms with E-state index in [0.717, 1.165) is 25.7 Å². The zero-order valence-electron chi connectivity index (χ0n) is 31.8. The summed E-state index contributed by atoms with van der Waals surface area (Å²) in [5, 5.41) is 0. The molecule has 1 aliphatic rings. The first-order valence-corrected chi connectivity index (χ1v) is 22.9. The SMILES string of the molecule is CCCCOCOC[Si](OC[C@H]1O[C@@H](n2cnc3c(=O)[nH]c(N)nc32)C[C@@H]1O[Si](COCOCCCC)(C(C)C)C(C)C)(C(C)C)C(C)C. The number of nitrogens with zero attached hydrogens (tertiary/aromatic N) is 3. The van der Waals surface area contributed by atoms with Gasteiger partial charge in [-0.3, -0.25) is 14.3 Å². The van der Waals surface area contributed by atoms with Crippen LogP contribution in [-0.2, 0) is 32.5 Å². The van der Waals surface area contributed by atoms with Crippen molar-refractivity contribution < 1.29 is 32.5 Å². The van der Waals surface area contributed by atoms with Crippen LogP contribution in [0.5, 0.6) is 0 Å². The lowest BCUT2D eigenvalue weighted by Gasteiger charge is -2.42. The summed E-state index contributed by atoms with van der Waals surface area (Å²) in [5.41, 5.74) is 7.24. The average Bonchev–Trinajstić information content (AvgIpc) is 3.64. The molecule has 3 heterocycles. The van der Waals surface area contributed by atoms with Gasteiger partial charge in [-0.15, -0.1) is 0 Å². The number of fused-ring (bicyclic) bond motifs is 1. The number of aromatic amines is 1. The molecule has 0 unspecified atom stereocenters. The molecular formula is C34H65N5O8Si2. The maximum absolute atomic E-state index is 12.6. The molecule has 282 valence electrons. The van der Waals surface area contributed by atoms with Crippen molar-refractivity contribution in [3.05, 3.63) is 16.7 Å². The Morgan fingerprint density at radius 3 is 1.98 bits per heavy atom. The number of ether oxygens (including phenoxy) is 5. The third kappa shape index (κ3) is 10.7. The molecule has 3 atom stereocenters. The molecule has 2 aromatic rings. The minimum absolute atomic E-state index is 0.0256. The Hall–Kier alpha value is -1.70. The van der Waals surface area contributed by atoms with E-state index in [4.69, 9.17) is 38.3 Å². The molecule has 0 saturated carbocycles. The van der Waals surface area contributed by atoms with Gasteiger partial charge in [-0.1, -0.05) is 82.1 Å². The van der Waals surface area contributed by atoms with E-state index < -0.39 is 29.0 Å². The Morgan fingerprint density at radius 1 is 0.898 bits per heavy atom. The van der Waals surface area contributed by atoms with E-state index in [-0.39, 0.29) is 58.9 Å². The second-order valence-electron chi connectivity index (χ2n) is 14.6. The summed E-state index contributed by atoms with van der Waals surface area (Å²) in [7, 11) is -5.01. The molecule has 0 aromatic carbocycles. The topological polar surface area (TPSA) is 154 Å². The number of rotatable bonds is 24. The largest absolute Gasteiger partial charge is 0.411 e. The van der Waals surface area contributed by atoms with Gasteiger partial charge in [0.2, 0.25) is 22.6 Å². The maximum Gasteiger partial charge on any atom is 0.280 e. The fourth-order valence-electron chi connectivity index (χ4n) is 6.63. The normalized spacial score (nSPS) is 19.1. The molecule has 3 N–H and O–H groups in total. The van der Waals surface area contributed by atoms with E-state index in [9.17, 15) is 4.79 Å². The quantitative estimate of drug-likeness (QED) is 0.0685. The van der Waals surface area contributed by atoms with E-state index in [1.807, 2.05) is 0 Å². The van der Waals surface area contributed by atoms with E-state index in [0.29, 0.717) is 44.3 Å². The van der Waals surface area contributed by atoms with Gasteiger partial charge in [0.25, 0.3) is 5.56 Å². The van der Waals surface area contributed by atoms with Gasteiger partial charge in [-0.05, 0) is 35.0 Å². The Bertz CT molecular complexity index is 1290. The second kappa shape index (κ2) is 19.8. The first-order valence-electron chi connectivity index (χ1n) is 18.3. The Kier molecular flexibility index (Phi) is 16.8. The van der Waals surface area contributed by atoms with Crippen LogP contribution in [0.3, 0.4) is 0 Å². The number of aromatic nitrogens is 4. The predicted octanol–water partition coefficient (Wildman–Crippen LogP) is 6.58. The Balaban J connectivity index is 1.91. The van der Waals surface area contributed by atoms with Gasteiger partial charge in [0.15, 0.2) is 11.2 Å². The fourth-order valence-corrected chi connectivity index (χ4v) is 14.1. The molecule has 0 aliphatic carbocycles. The zero-order valence-corrected chi connectivity index (χ0v) is 33.8. The molecule has 3 rings (SSSR count). The van der Waals surface area contributed by atoms with Crippen molar-refractivity contribution in [2.75, 3.05) is 51.6 Å². The Labute approximate surface area is 295 Å². The number of hydrogen-bond acceptors (Lipinski definition) is 11. The standard InChI is InChI=1S/C34H65N5O8Si2/c1-11-13-15-41-20-43-22-48(24(3)4,25(5)6)45-18-29-28(47-49(26(7)8,27(9)10)23-44-21-42-16-14-12-2)17-30(46-29)39-19-36-31-32(39)37-34(35)38-33(31)40/h19,24-30H,11-18,20-23H2,1-10H3,(H3,35,37,38,40)/t28-,29+,30+/m0/s1. The monoisotopic (exact) mass is 727 g/mol. The first-order chi connectivity index (χ1) is 23.3. The second-order valence-corrected chi connectivity index (χ2v) is 24.1. The minimum Gasteiger partial charge on any atom is -0.411 e. The molecule has 49 heavy (non-hydrogen) atoms. The van der Waals surface area contributed by atoms with Crippen LogP contribution in [0.2, 0.25) is 22.2 Å². The van der Waals surface area contributed by atoms with E-state index in [1.165, 1.54) is 0 Å². The molecular weight excluding hydrogens is 663 g/mol. The van der Waals surface area contributed by atoms with Gasteiger partial charge < -0.3 is 38.3 Å². The highest BCUT2D eigenvalue weighted by Gasteiger charge is 2.50. The third-order valence-electron chi connectivity index (χ3n) is 10.0. The number of imidazole rings is 1. The number of anilines is 1. The van der Waals surface area contributed by atoms with E-state index in [2.05, 4.69) is 84.2 Å². The molecule has 0 bridgehead atoms. The molecule has 1 aliphatic heterocycles. The van der Waals surface area contributed by atoms with Crippen molar-refractivity contribution >= 4 is 33.7 Å². The van der Waals surface area contributed by atoms with Crippen LogP contribution in [0.4, 0.5) is 5.95 Å². The van der Waals surface area contributed by atoms with Gasteiger partial charge in [0, 0.05) is 19.6 Å². The summed E-state index contributed by atoms with van der Waals surface area (Å²) in [6, 6.07) is 0. The summed E-state index contributed by atoms with van der Waals surface area (Å²) in [4.78, 5) is 23.9. The third-order valence-corrected chi connectivity index (χ3v) is 20.6. The highest BCUT2D eigenvalue weighted by atomic mass is 28.4. The lowest BCUT2D eigenvalue weighted by molar-refractivity contribution is -0.0578. The molecule has 1 saturated heterocycles. The van der Waals surface area contributed by atoms with Crippen LogP contribution in [0.1, 0.15) is 108 Å². The average molecular weight is 728 g/mol. The summed E-state index contributed by atoms with van der Waals surface area (Å²) in [5.74, 6) is 0.0256. The van der Waals surface area contributed by atoms with Crippen molar-refractivity contribution in [1.29, 1.82) is 0 Å². The lowest BCUT2D eigenvalue weighted by atomic mass is 10.2. The van der Waals surface area contributed by atoms with E-state index in [1.54, 1.807) is 10.9 Å². The molecule has 2 aromatic heterocycles. The summed E-state index contributed by atoms with van der Waals surface area (Å²) in [6.45, 7) is 24.3. The van der Waals surface area contributed by atoms with Crippen molar-refractivity contribution in [1.82, 2.24) is 19.5 Å². The number of unbranched alkanes of at least 4 members (excludes halogenated alkanes) is 2. The smallest absolute Gasteiger partial charge is 0.280 e. The van der Waals surface area contributed by atoms with Crippen molar-refractivity contribution in [2.45, 2.75) is 142 Å². The molecule has 0 radical (unpaired) electrons. The van der Waals surface area contributed by atoms with Crippen LogP contribution >= 0.6 is 0 Å². The molecule has 0 amide bonds. The van der Waals surface area contributed by atoms with Gasteiger partial charge in [-0.2, -0.15) is 4.98 Å². The van der Waals surface area contributed by atoms with Gasteiger partial charge in [0.05, 0.1) is 31.5 Å². The molecule has 0 spiro atoms. The van der Waals surface area contributed by atoms with E-state index >= 15 is 0 Å². The van der Waals surface area contributed by atoms with Crippen LogP contribution in [0, 0.1) is 0 Å². The van der Waals surface area contributed by atoms with Crippen LogP contribution < -0.4 is 11.3 Å². The first kappa shape index (κ1) is 41.7. The molecule has 13 nitrogen and oxygen atoms in total. The minimum atomic E-state index is -2.55. The van der Waals surface area contributed by atoms with Crippen LogP contribution in [0.25, 0.3) is 11.2 Å². The number of nitrogens with one attached hydrogen (secondary N) is 1. The van der Waals surface area contributed by atoms with Crippen molar-refractivity contribution in [3.63, 3.8) is 0 Å². The molecule has 15 heteroatoms. The maximum atomic E-state index is 12.6. The molecule has 1 fully saturated rings. The highest BCUT2D eigenvalue weighted by molar-refractivity contribution is 6.76. The lowest BCUT2D eigenvalue weighted by Crippen LogP contribution is -2.55. The summed E-state index contributed by atoms with van der Waals surface area (Å²) >= 11 is 0. The zero-order chi connectivity index (χ0) is 36.2. The fraction of sp³-hybridized carbons (Fsp3) is 0.853. The summed E-state index contributed by atoms with van der Waals surface area (Å²) in [6.07, 6.45) is 6.14. The van der Waals surface area contributed by atoms with Crippen LogP contribution in [-0.4, -0.2) is 94.2 Å². The number of nitrogens with two attached hydrogens (primary N) is 1. The summed E-state index contributed by atoms with van der Waals surface area (Å²) < 4.78 is 46.8. The van der Waals surface area contributed by atoms with Crippen LogP contribution in [0.15, 0.2) is 11.1 Å². The van der Waals surface area contributed by atoms with Gasteiger partial charge in [0.1, 0.15) is 25.9 Å². The van der Waals surface area contributed by atoms with Gasteiger partial charge >= 0.3 is 0 Å². The van der Waals surface area contributed by atoms with Crippen molar-refractivity contribution in [2.24, 2.45) is 0 Å². The number of nitrogen functional groups attached to an aromatic ring is 1. The van der Waals surface area contributed by atoms with Crippen molar-refractivity contribution in [3.8, 4) is 0 Å². The highest BCUT2D eigenvalue weighted by Crippen LogP contribution is 2.42. The predicted molar refractivity (Wildman–Crippen MR) is 197 cm³/mol. The van der Waals surface area contributed by atoms with Gasteiger partial charge in [-0.25, -0.2) is 4.98 Å². The number of hydrogen-bond donors (Lipinski definition) is 2.